The lowest BCUT2D eigenvalue weighted by Crippen LogP contribution is -2.46. The van der Waals surface area contributed by atoms with E-state index in [4.69, 9.17) is 4.74 Å². The van der Waals surface area contributed by atoms with Gasteiger partial charge in [0, 0.05) is 33.5 Å². The molecule has 0 bridgehead atoms. The molecule has 0 aliphatic carbocycles. The fraction of sp³-hybridized carbons (Fsp3) is 0.556. The van der Waals surface area contributed by atoms with Crippen molar-refractivity contribution in [1.29, 1.82) is 0 Å². The zero-order chi connectivity index (χ0) is 23.0. The second kappa shape index (κ2) is 8.42. The Bertz CT molecular complexity index is 1020. The first-order valence-corrected chi connectivity index (χ1v) is 12.8. The highest BCUT2D eigenvalue weighted by atomic mass is 32.3. The number of nitrogens with zero attached hydrogens (tertiary/aromatic N) is 3. The molecule has 1 aromatic rings. The molecule has 2 amide bonds. The van der Waals surface area contributed by atoms with Crippen LogP contribution in [-0.4, -0.2) is 84.3 Å². The molecular formula is C18H27N3O7S2. The minimum absolute atomic E-state index is 0.0367. The largest absolute Gasteiger partial charge is 0.487 e. The third-order valence-corrected chi connectivity index (χ3v) is 8.07. The van der Waals surface area contributed by atoms with Crippen LogP contribution < -0.4 is 8.45 Å². The molecular weight excluding hydrogens is 434 g/mol. The van der Waals surface area contributed by atoms with Crippen molar-refractivity contribution in [3.05, 3.63) is 23.8 Å². The smallest absolute Gasteiger partial charge is 0.257 e. The lowest BCUT2D eigenvalue weighted by atomic mass is 10.0. The molecule has 0 saturated carbocycles. The van der Waals surface area contributed by atoms with Gasteiger partial charge in [0.25, 0.3) is 5.91 Å². The number of carbonyl (C=O) groups is 2. The number of hydrogen-bond donors (Lipinski definition) is 0. The van der Waals surface area contributed by atoms with E-state index in [9.17, 15) is 26.4 Å². The second-order valence-corrected chi connectivity index (χ2v) is 11.5. The lowest BCUT2D eigenvalue weighted by Gasteiger charge is -2.35. The summed E-state index contributed by atoms with van der Waals surface area (Å²) in [4.78, 5) is 27.5. The quantitative estimate of drug-likeness (QED) is 0.621. The Morgan fingerprint density at radius 1 is 1.20 bits per heavy atom. The van der Waals surface area contributed by atoms with Crippen molar-refractivity contribution >= 4 is 37.5 Å². The van der Waals surface area contributed by atoms with Gasteiger partial charge in [0.15, 0.2) is 0 Å². The molecule has 0 saturated heterocycles. The second-order valence-electron chi connectivity index (χ2n) is 7.62. The van der Waals surface area contributed by atoms with Crippen molar-refractivity contribution in [2.75, 3.05) is 43.4 Å². The maximum Gasteiger partial charge on any atom is 0.257 e. The molecule has 0 unspecified atom stereocenters. The van der Waals surface area contributed by atoms with Crippen molar-refractivity contribution in [1.82, 2.24) is 9.80 Å². The third-order valence-electron chi connectivity index (χ3n) is 4.82. The summed E-state index contributed by atoms with van der Waals surface area (Å²) in [5, 5.41) is 0. The molecule has 1 heterocycles. The highest BCUT2D eigenvalue weighted by Gasteiger charge is 2.33. The monoisotopic (exact) mass is 461 g/mol. The Morgan fingerprint density at radius 2 is 1.77 bits per heavy atom. The number of sulfonamides is 2. The Balaban J connectivity index is 2.58. The number of carbonyl (C=O) groups excluding carboxylic acids is 2. The van der Waals surface area contributed by atoms with E-state index in [1.54, 1.807) is 14.1 Å². The molecule has 0 spiro atoms. The molecule has 1 aromatic carbocycles. The fourth-order valence-electron chi connectivity index (χ4n) is 3.26. The van der Waals surface area contributed by atoms with E-state index in [2.05, 4.69) is 0 Å². The number of ether oxygens (including phenoxy) is 1. The Labute approximate surface area is 177 Å². The number of fused-ring (bicyclic) bond motifs is 1. The van der Waals surface area contributed by atoms with Crippen molar-refractivity contribution in [3.63, 3.8) is 0 Å². The number of anilines is 1. The summed E-state index contributed by atoms with van der Waals surface area (Å²) in [6.07, 6.45) is 1.11. The molecule has 2 rings (SSSR count). The standard InChI is InChI=1S/C18H27N3O7S2/c1-12-10-20(4)18(23)15-9-14(21(29(5,24)25)30(6,26)27)7-8-16(15)28-17(12)11-19(3)13(2)22/h7-9,12,17H,10-11H2,1-6H3/t12-,17+/m0/s1. The molecule has 0 N–H and O–H groups in total. The summed E-state index contributed by atoms with van der Waals surface area (Å²) in [6.45, 7) is 3.96. The van der Waals surface area contributed by atoms with Crippen LogP contribution >= 0.6 is 0 Å². The van der Waals surface area contributed by atoms with Crippen molar-refractivity contribution in [3.8, 4) is 5.75 Å². The molecule has 2 atom stereocenters. The van der Waals surface area contributed by atoms with Crippen LogP contribution in [0.2, 0.25) is 0 Å². The maximum atomic E-state index is 12.9. The van der Waals surface area contributed by atoms with Crippen LogP contribution in [0.4, 0.5) is 5.69 Å². The molecule has 1 aliphatic heterocycles. The Kier molecular flexibility index (Phi) is 6.72. The van der Waals surface area contributed by atoms with Gasteiger partial charge >= 0.3 is 0 Å². The third kappa shape index (κ3) is 5.22. The normalized spacial score (nSPS) is 19.9. The van der Waals surface area contributed by atoms with Crippen LogP contribution in [0.25, 0.3) is 0 Å². The molecule has 1 aliphatic rings. The van der Waals surface area contributed by atoms with E-state index < -0.39 is 32.1 Å². The lowest BCUT2D eigenvalue weighted by molar-refractivity contribution is -0.129. The van der Waals surface area contributed by atoms with Gasteiger partial charge in [-0.15, -0.1) is 0 Å². The van der Waals surface area contributed by atoms with Crippen LogP contribution in [0.5, 0.6) is 5.75 Å². The van der Waals surface area contributed by atoms with Gasteiger partial charge in [-0.05, 0) is 18.2 Å². The van der Waals surface area contributed by atoms with Crippen molar-refractivity contribution in [2.24, 2.45) is 5.92 Å². The minimum Gasteiger partial charge on any atom is -0.487 e. The molecule has 10 nitrogen and oxygen atoms in total. The summed E-state index contributed by atoms with van der Waals surface area (Å²) < 4.78 is 54.6. The zero-order valence-electron chi connectivity index (χ0n) is 17.8. The van der Waals surface area contributed by atoms with E-state index in [0.29, 0.717) is 13.1 Å². The average Bonchev–Trinajstić information content (AvgIpc) is 2.58. The molecule has 30 heavy (non-hydrogen) atoms. The Hall–Kier alpha value is -2.34. The summed E-state index contributed by atoms with van der Waals surface area (Å²) >= 11 is 0. The average molecular weight is 462 g/mol. The van der Waals surface area contributed by atoms with Crippen LogP contribution in [0.3, 0.4) is 0 Å². The fourth-order valence-corrected chi connectivity index (χ4v) is 6.22. The highest BCUT2D eigenvalue weighted by Crippen LogP contribution is 2.32. The SMILES string of the molecule is CC(=O)N(C)C[C@H]1Oc2ccc(N(S(C)(=O)=O)S(C)(=O)=O)cc2C(=O)N(C)C[C@@H]1C. The van der Waals surface area contributed by atoms with Crippen LogP contribution in [0.15, 0.2) is 18.2 Å². The van der Waals surface area contributed by atoms with E-state index in [0.717, 1.165) is 12.5 Å². The van der Waals surface area contributed by atoms with E-state index in [1.165, 1.54) is 34.9 Å². The Morgan fingerprint density at radius 3 is 2.27 bits per heavy atom. The van der Waals surface area contributed by atoms with Gasteiger partial charge < -0.3 is 14.5 Å². The van der Waals surface area contributed by atoms with Gasteiger partial charge in [-0.3, -0.25) is 9.59 Å². The predicted molar refractivity (Wildman–Crippen MR) is 112 cm³/mol. The van der Waals surface area contributed by atoms with E-state index in [-0.39, 0.29) is 32.5 Å². The highest BCUT2D eigenvalue weighted by molar-refractivity contribution is 8.09. The summed E-state index contributed by atoms with van der Waals surface area (Å²) in [5.41, 5.74) is -0.148. The summed E-state index contributed by atoms with van der Waals surface area (Å²) in [5.74, 6) is -0.480. The van der Waals surface area contributed by atoms with Gasteiger partial charge in [0.05, 0.1) is 30.3 Å². The van der Waals surface area contributed by atoms with Crippen LogP contribution in [0.1, 0.15) is 24.2 Å². The van der Waals surface area contributed by atoms with Crippen molar-refractivity contribution < 1.29 is 31.2 Å². The first-order chi connectivity index (χ1) is 13.6. The predicted octanol–water partition coefficient (Wildman–Crippen LogP) is 0.360. The molecule has 12 heteroatoms. The molecule has 0 fully saturated rings. The molecule has 168 valence electrons. The van der Waals surface area contributed by atoms with Crippen LogP contribution in [0, 0.1) is 5.92 Å². The first kappa shape index (κ1) is 23.9. The van der Waals surface area contributed by atoms with E-state index in [1.807, 2.05) is 6.92 Å². The zero-order valence-corrected chi connectivity index (χ0v) is 19.4. The number of amides is 2. The topological polar surface area (TPSA) is 121 Å². The van der Waals surface area contributed by atoms with Gasteiger partial charge in [-0.25, -0.2) is 16.8 Å². The van der Waals surface area contributed by atoms with Gasteiger partial charge in [0.2, 0.25) is 26.0 Å². The summed E-state index contributed by atoms with van der Waals surface area (Å²) in [7, 11) is -5.08. The van der Waals surface area contributed by atoms with Gasteiger partial charge in [-0.2, -0.15) is 3.71 Å². The van der Waals surface area contributed by atoms with Crippen LogP contribution in [-0.2, 0) is 24.8 Å². The van der Waals surface area contributed by atoms with Crippen molar-refractivity contribution in [2.45, 2.75) is 20.0 Å². The minimum atomic E-state index is -4.16. The van der Waals surface area contributed by atoms with E-state index >= 15 is 0 Å². The maximum absolute atomic E-state index is 12.9. The number of likely N-dealkylation sites (N-methyl/N-ethyl adjacent to an activating group) is 1. The van der Waals surface area contributed by atoms with Gasteiger partial charge in [-0.1, -0.05) is 6.92 Å². The molecule has 0 radical (unpaired) electrons. The first-order valence-electron chi connectivity index (χ1n) is 9.11. The molecule has 0 aromatic heterocycles. The summed E-state index contributed by atoms with van der Waals surface area (Å²) in [6, 6.07) is 3.84. The number of rotatable bonds is 5. The number of benzene rings is 1. The van der Waals surface area contributed by atoms with Gasteiger partial charge in [0.1, 0.15) is 11.9 Å². The number of hydrogen-bond acceptors (Lipinski definition) is 7.